The second-order valence-electron chi connectivity index (χ2n) is 5.67. The third-order valence-corrected chi connectivity index (χ3v) is 4.23. The molecular formula is C16H23N3. The first kappa shape index (κ1) is 12.5. The number of para-hydroxylation sites is 2. The number of fused-ring (bicyclic) bond motifs is 1. The molecule has 0 atom stereocenters. The van der Waals surface area contributed by atoms with Crippen LogP contribution in [-0.4, -0.2) is 15.6 Å². The predicted octanol–water partition coefficient (Wildman–Crippen LogP) is 4.10. The minimum absolute atomic E-state index is 0.593. The summed E-state index contributed by atoms with van der Waals surface area (Å²) < 4.78 is 2.17. The molecule has 0 unspecified atom stereocenters. The molecule has 102 valence electrons. The van der Waals surface area contributed by atoms with Crippen molar-refractivity contribution in [3.8, 4) is 0 Å². The zero-order chi connectivity index (χ0) is 13.1. The van der Waals surface area contributed by atoms with Crippen LogP contribution in [0.1, 0.15) is 44.9 Å². The molecule has 1 aliphatic carbocycles. The molecule has 3 nitrogen and oxygen atoms in total. The molecule has 3 rings (SSSR count). The molecule has 1 N–H and O–H groups in total. The number of nitrogens with zero attached hydrogens (tertiary/aromatic N) is 2. The third-order valence-electron chi connectivity index (χ3n) is 4.23. The lowest BCUT2D eigenvalue weighted by molar-refractivity contribution is 0.469. The van der Waals surface area contributed by atoms with Crippen molar-refractivity contribution in [2.45, 2.75) is 51.0 Å². The van der Waals surface area contributed by atoms with Crippen LogP contribution in [0.25, 0.3) is 11.0 Å². The highest BCUT2D eigenvalue weighted by molar-refractivity contribution is 5.78. The molecule has 0 radical (unpaired) electrons. The van der Waals surface area contributed by atoms with Crippen molar-refractivity contribution in [3.05, 3.63) is 24.3 Å². The summed E-state index contributed by atoms with van der Waals surface area (Å²) in [5.41, 5.74) is 2.29. The van der Waals surface area contributed by atoms with Crippen molar-refractivity contribution in [1.82, 2.24) is 9.55 Å². The average Bonchev–Trinajstić information content (AvgIpc) is 2.70. The van der Waals surface area contributed by atoms with E-state index in [1.54, 1.807) is 0 Å². The van der Waals surface area contributed by atoms with E-state index in [0.717, 1.165) is 11.5 Å². The molecule has 1 aromatic heterocycles. The van der Waals surface area contributed by atoms with Gasteiger partial charge in [0.1, 0.15) is 0 Å². The smallest absolute Gasteiger partial charge is 0.203 e. The summed E-state index contributed by atoms with van der Waals surface area (Å²) in [5, 5.41) is 3.66. The fourth-order valence-electron chi connectivity index (χ4n) is 3.06. The Kier molecular flexibility index (Phi) is 3.72. The number of imidazole rings is 1. The second-order valence-corrected chi connectivity index (χ2v) is 5.67. The van der Waals surface area contributed by atoms with Crippen molar-refractivity contribution in [1.29, 1.82) is 0 Å². The van der Waals surface area contributed by atoms with Gasteiger partial charge in [0.25, 0.3) is 0 Å². The highest BCUT2D eigenvalue weighted by Crippen LogP contribution is 2.22. The molecule has 1 heterocycles. The molecule has 2 aromatic rings. The van der Waals surface area contributed by atoms with Gasteiger partial charge in [-0.05, 0) is 25.0 Å². The molecule has 1 aromatic carbocycles. The molecular weight excluding hydrogens is 234 g/mol. The van der Waals surface area contributed by atoms with Gasteiger partial charge in [0.15, 0.2) is 0 Å². The predicted molar refractivity (Wildman–Crippen MR) is 80.4 cm³/mol. The van der Waals surface area contributed by atoms with Crippen LogP contribution in [0, 0.1) is 0 Å². The van der Waals surface area contributed by atoms with E-state index in [1.165, 1.54) is 50.5 Å². The number of hydrogen-bond donors (Lipinski definition) is 1. The van der Waals surface area contributed by atoms with E-state index in [0.29, 0.717) is 6.04 Å². The van der Waals surface area contributed by atoms with E-state index in [2.05, 4.69) is 41.2 Å². The number of nitrogens with one attached hydrogen (secondary N) is 1. The van der Waals surface area contributed by atoms with Gasteiger partial charge < -0.3 is 9.88 Å². The van der Waals surface area contributed by atoms with Gasteiger partial charge in [-0.3, -0.25) is 0 Å². The van der Waals surface area contributed by atoms with Crippen LogP contribution in [0.2, 0.25) is 0 Å². The summed E-state index contributed by atoms with van der Waals surface area (Å²) in [5.74, 6) is 1.02. The fourth-order valence-corrected chi connectivity index (χ4v) is 3.06. The molecule has 1 fully saturated rings. The first-order chi connectivity index (χ1) is 9.34. The van der Waals surface area contributed by atoms with Gasteiger partial charge in [-0.2, -0.15) is 0 Å². The number of rotatable bonds is 2. The van der Waals surface area contributed by atoms with Crippen LogP contribution < -0.4 is 5.32 Å². The largest absolute Gasteiger partial charge is 0.353 e. The maximum absolute atomic E-state index is 4.71. The topological polar surface area (TPSA) is 29.9 Å². The molecule has 1 saturated carbocycles. The Hall–Kier alpha value is -1.51. The monoisotopic (exact) mass is 257 g/mol. The summed E-state index contributed by atoms with van der Waals surface area (Å²) in [7, 11) is 2.10. The van der Waals surface area contributed by atoms with E-state index in [9.17, 15) is 0 Å². The van der Waals surface area contributed by atoms with E-state index in [1.807, 2.05) is 0 Å². The summed E-state index contributed by atoms with van der Waals surface area (Å²) in [6.45, 7) is 0. The van der Waals surface area contributed by atoms with Crippen molar-refractivity contribution in [3.63, 3.8) is 0 Å². The van der Waals surface area contributed by atoms with E-state index < -0.39 is 0 Å². The Morgan fingerprint density at radius 3 is 2.47 bits per heavy atom. The highest BCUT2D eigenvalue weighted by atomic mass is 15.2. The SMILES string of the molecule is Cn1c(NC2CCCCCCC2)nc2ccccc21. The molecule has 0 spiro atoms. The lowest BCUT2D eigenvalue weighted by atomic mass is 9.97. The average molecular weight is 257 g/mol. The van der Waals surface area contributed by atoms with Crippen molar-refractivity contribution in [2.24, 2.45) is 7.05 Å². The molecule has 0 bridgehead atoms. The Morgan fingerprint density at radius 1 is 1.05 bits per heavy atom. The summed E-state index contributed by atoms with van der Waals surface area (Å²) in [4.78, 5) is 4.71. The first-order valence-electron chi connectivity index (χ1n) is 7.52. The van der Waals surface area contributed by atoms with Gasteiger partial charge in [-0.15, -0.1) is 0 Å². The lowest BCUT2D eigenvalue weighted by Gasteiger charge is -2.21. The standard InChI is InChI=1S/C16H23N3/c1-19-15-12-8-7-11-14(15)18-16(19)17-13-9-5-3-2-4-6-10-13/h7-8,11-13H,2-6,9-10H2,1H3,(H,17,18). The minimum Gasteiger partial charge on any atom is -0.353 e. The first-order valence-corrected chi connectivity index (χ1v) is 7.52. The fraction of sp³-hybridized carbons (Fsp3) is 0.562. The van der Waals surface area contributed by atoms with E-state index >= 15 is 0 Å². The maximum atomic E-state index is 4.71. The molecule has 0 aliphatic heterocycles. The minimum atomic E-state index is 0.593. The van der Waals surface area contributed by atoms with Crippen LogP contribution in [0.5, 0.6) is 0 Å². The number of anilines is 1. The molecule has 3 heteroatoms. The zero-order valence-corrected chi connectivity index (χ0v) is 11.7. The van der Waals surface area contributed by atoms with Gasteiger partial charge in [-0.1, -0.05) is 44.2 Å². The second kappa shape index (κ2) is 5.64. The quantitative estimate of drug-likeness (QED) is 0.878. The van der Waals surface area contributed by atoms with E-state index in [-0.39, 0.29) is 0 Å². The number of hydrogen-bond acceptors (Lipinski definition) is 2. The molecule has 19 heavy (non-hydrogen) atoms. The normalized spacial score (nSPS) is 18.2. The maximum Gasteiger partial charge on any atom is 0.203 e. The van der Waals surface area contributed by atoms with Gasteiger partial charge in [0.05, 0.1) is 11.0 Å². The van der Waals surface area contributed by atoms with Crippen LogP contribution in [0.15, 0.2) is 24.3 Å². The summed E-state index contributed by atoms with van der Waals surface area (Å²) in [6, 6.07) is 8.93. The number of aromatic nitrogens is 2. The van der Waals surface area contributed by atoms with Crippen LogP contribution in [0.3, 0.4) is 0 Å². The van der Waals surface area contributed by atoms with Crippen LogP contribution >= 0.6 is 0 Å². The molecule has 0 saturated heterocycles. The van der Waals surface area contributed by atoms with Gasteiger partial charge in [0.2, 0.25) is 5.95 Å². The molecule has 0 amide bonds. The Balaban J connectivity index is 1.78. The number of aryl methyl sites for hydroxylation is 1. The Bertz CT molecular complexity index is 536. The van der Waals surface area contributed by atoms with Crippen molar-refractivity contribution >= 4 is 17.0 Å². The highest BCUT2D eigenvalue weighted by Gasteiger charge is 2.14. The van der Waals surface area contributed by atoms with Gasteiger partial charge in [0, 0.05) is 13.1 Å². The summed E-state index contributed by atoms with van der Waals surface area (Å²) in [6.07, 6.45) is 9.45. The van der Waals surface area contributed by atoms with Crippen molar-refractivity contribution < 1.29 is 0 Å². The van der Waals surface area contributed by atoms with Crippen LogP contribution in [0.4, 0.5) is 5.95 Å². The third kappa shape index (κ3) is 2.75. The Morgan fingerprint density at radius 2 is 1.74 bits per heavy atom. The van der Waals surface area contributed by atoms with Crippen molar-refractivity contribution in [2.75, 3.05) is 5.32 Å². The van der Waals surface area contributed by atoms with Gasteiger partial charge >= 0.3 is 0 Å². The zero-order valence-electron chi connectivity index (χ0n) is 11.7. The molecule has 1 aliphatic rings. The Labute approximate surface area is 115 Å². The van der Waals surface area contributed by atoms with E-state index in [4.69, 9.17) is 4.98 Å². The number of benzene rings is 1. The summed E-state index contributed by atoms with van der Waals surface area (Å²) >= 11 is 0. The van der Waals surface area contributed by atoms with Gasteiger partial charge in [-0.25, -0.2) is 4.98 Å². The van der Waals surface area contributed by atoms with Crippen LogP contribution in [-0.2, 0) is 7.05 Å². The lowest BCUT2D eigenvalue weighted by Crippen LogP contribution is -2.22.